The Hall–Kier alpha value is -2.76. The molecule has 6 nitrogen and oxygen atoms in total. The molecule has 0 aliphatic carbocycles. The molecule has 152 valence electrons. The van der Waals surface area contributed by atoms with Crippen LogP contribution in [-0.4, -0.2) is 41.2 Å². The Morgan fingerprint density at radius 3 is 2.64 bits per heavy atom. The standard InChI is InChI=1S/C22H31N3O3/c1-4-6-13-25(22(27)23-15-21(26)28-5-2)17-20-12-9-14-24(20)16-19-11-8-7-10-18(19)3/h7-12,14H,4-6,13,15-17H2,1-3H3,(H,23,27). The Morgan fingerprint density at radius 2 is 1.93 bits per heavy atom. The molecule has 1 aromatic heterocycles. The highest BCUT2D eigenvalue weighted by atomic mass is 16.5. The van der Waals surface area contributed by atoms with Crippen LogP contribution in [0.15, 0.2) is 42.6 Å². The monoisotopic (exact) mass is 385 g/mol. The second-order valence-corrected chi connectivity index (χ2v) is 6.79. The average Bonchev–Trinajstić information content (AvgIpc) is 3.12. The van der Waals surface area contributed by atoms with E-state index >= 15 is 0 Å². The third kappa shape index (κ3) is 6.44. The Balaban J connectivity index is 2.06. The molecular weight excluding hydrogens is 354 g/mol. The molecule has 1 N–H and O–H groups in total. The highest BCUT2D eigenvalue weighted by molar-refractivity contribution is 5.80. The van der Waals surface area contributed by atoms with Crippen LogP contribution in [0.1, 0.15) is 43.5 Å². The molecule has 0 saturated heterocycles. The van der Waals surface area contributed by atoms with E-state index in [-0.39, 0.29) is 12.6 Å². The predicted octanol–water partition coefficient (Wildman–Crippen LogP) is 3.72. The molecule has 0 aliphatic heterocycles. The average molecular weight is 386 g/mol. The molecule has 0 fully saturated rings. The maximum atomic E-state index is 12.6. The Kier molecular flexibility index (Phi) is 8.59. The summed E-state index contributed by atoms with van der Waals surface area (Å²) in [5, 5.41) is 2.67. The lowest BCUT2D eigenvalue weighted by Crippen LogP contribution is -2.42. The fraction of sp³-hybridized carbons (Fsp3) is 0.455. The summed E-state index contributed by atoms with van der Waals surface area (Å²) in [5.41, 5.74) is 3.56. The summed E-state index contributed by atoms with van der Waals surface area (Å²) in [7, 11) is 0. The van der Waals surface area contributed by atoms with Crippen LogP contribution >= 0.6 is 0 Å². The highest BCUT2D eigenvalue weighted by Crippen LogP contribution is 2.14. The summed E-state index contributed by atoms with van der Waals surface area (Å²) in [6, 6.07) is 12.1. The van der Waals surface area contributed by atoms with Gasteiger partial charge in [0.15, 0.2) is 0 Å². The number of benzene rings is 1. The Labute approximate surface area is 167 Å². The lowest BCUT2D eigenvalue weighted by molar-refractivity contribution is -0.141. The minimum absolute atomic E-state index is 0.112. The molecule has 0 saturated carbocycles. The zero-order chi connectivity index (χ0) is 20.4. The summed E-state index contributed by atoms with van der Waals surface area (Å²) >= 11 is 0. The summed E-state index contributed by atoms with van der Waals surface area (Å²) < 4.78 is 7.05. The van der Waals surface area contributed by atoms with Crippen LogP contribution in [0.3, 0.4) is 0 Å². The van der Waals surface area contributed by atoms with Crippen LogP contribution in [-0.2, 0) is 22.6 Å². The molecule has 0 radical (unpaired) electrons. The minimum atomic E-state index is -0.422. The number of ether oxygens (including phenoxy) is 1. The Morgan fingerprint density at radius 1 is 1.14 bits per heavy atom. The van der Waals surface area contributed by atoms with Crippen molar-refractivity contribution in [2.45, 2.75) is 46.7 Å². The molecule has 2 amide bonds. The molecule has 0 bridgehead atoms. The van der Waals surface area contributed by atoms with E-state index in [1.165, 1.54) is 11.1 Å². The van der Waals surface area contributed by atoms with Gasteiger partial charge < -0.3 is 19.5 Å². The Bertz CT molecular complexity index is 770. The molecule has 1 heterocycles. The number of aryl methyl sites for hydroxylation is 1. The zero-order valence-electron chi connectivity index (χ0n) is 17.1. The quantitative estimate of drug-likeness (QED) is 0.634. The van der Waals surface area contributed by atoms with E-state index in [9.17, 15) is 9.59 Å². The van der Waals surface area contributed by atoms with Crippen LogP contribution < -0.4 is 5.32 Å². The number of rotatable bonds is 10. The van der Waals surface area contributed by atoms with Crippen LogP contribution in [0.5, 0.6) is 0 Å². The first kappa shape index (κ1) is 21.5. The number of unbranched alkanes of at least 4 members (excludes halogenated alkanes) is 1. The normalized spacial score (nSPS) is 10.5. The number of carbonyl (C=O) groups is 2. The molecule has 1 aromatic carbocycles. The topological polar surface area (TPSA) is 63.6 Å². The fourth-order valence-electron chi connectivity index (χ4n) is 2.99. The van der Waals surface area contributed by atoms with Crippen molar-refractivity contribution in [1.82, 2.24) is 14.8 Å². The largest absolute Gasteiger partial charge is 0.465 e. The number of hydrogen-bond acceptors (Lipinski definition) is 3. The van der Waals surface area contributed by atoms with Gasteiger partial charge in [0, 0.05) is 25.0 Å². The van der Waals surface area contributed by atoms with E-state index in [2.05, 4.69) is 35.9 Å². The van der Waals surface area contributed by atoms with Crippen molar-refractivity contribution < 1.29 is 14.3 Å². The maximum Gasteiger partial charge on any atom is 0.325 e. The third-order valence-electron chi connectivity index (χ3n) is 4.64. The van der Waals surface area contributed by atoms with Gasteiger partial charge in [-0.25, -0.2) is 4.79 Å². The second kappa shape index (κ2) is 11.2. The second-order valence-electron chi connectivity index (χ2n) is 6.79. The van der Waals surface area contributed by atoms with Gasteiger partial charge in [0.1, 0.15) is 6.54 Å². The van der Waals surface area contributed by atoms with E-state index in [1.807, 2.05) is 30.5 Å². The minimum Gasteiger partial charge on any atom is -0.465 e. The summed E-state index contributed by atoms with van der Waals surface area (Å²) in [6.07, 6.45) is 3.94. The molecule has 2 aromatic rings. The molecule has 0 atom stereocenters. The lowest BCUT2D eigenvalue weighted by Gasteiger charge is -2.24. The number of urea groups is 1. The lowest BCUT2D eigenvalue weighted by atomic mass is 10.1. The zero-order valence-corrected chi connectivity index (χ0v) is 17.1. The third-order valence-corrected chi connectivity index (χ3v) is 4.64. The predicted molar refractivity (Wildman–Crippen MR) is 110 cm³/mol. The van der Waals surface area contributed by atoms with Gasteiger partial charge in [0.25, 0.3) is 0 Å². The van der Waals surface area contributed by atoms with Crippen molar-refractivity contribution in [2.24, 2.45) is 0 Å². The van der Waals surface area contributed by atoms with Gasteiger partial charge in [0.2, 0.25) is 0 Å². The van der Waals surface area contributed by atoms with E-state index in [1.54, 1.807) is 11.8 Å². The molecule has 0 unspecified atom stereocenters. The SMILES string of the molecule is CCCCN(Cc1cccn1Cc1ccccc1C)C(=O)NCC(=O)OCC. The number of esters is 1. The van der Waals surface area contributed by atoms with Crippen LogP contribution in [0, 0.1) is 6.92 Å². The van der Waals surface area contributed by atoms with Crippen LogP contribution in [0.4, 0.5) is 4.79 Å². The summed E-state index contributed by atoms with van der Waals surface area (Å²) in [6.45, 7) is 8.04. The van der Waals surface area contributed by atoms with E-state index < -0.39 is 5.97 Å². The number of amides is 2. The number of carbonyl (C=O) groups excluding carboxylic acids is 2. The van der Waals surface area contributed by atoms with Crippen molar-refractivity contribution >= 4 is 12.0 Å². The van der Waals surface area contributed by atoms with Gasteiger partial charge in [-0.1, -0.05) is 37.6 Å². The molecule has 6 heteroatoms. The molecular formula is C22H31N3O3. The molecule has 28 heavy (non-hydrogen) atoms. The molecule has 2 rings (SSSR count). The molecule has 0 spiro atoms. The number of hydrogen-bond donors (Lipinski definition) is 1. The van der Waals surface area contributed by atoms with Gasteiger partial charge in [-0.15, -0.1) is 0 Å². The van der Waals surface area contributed by atoms with E-state index in [0.717, 1.165) is 25.1 Å². The van der Waals surface area contributed by atoms with E-state index in [0.29, 0.717) is 19.7 Å². The van der Waals surface area contributed by atoms with Gasteiger partial charge in [-0.3, -0.25) is 4.79 Å². The highest BCUT2D eigenvalue weighted by Gasteiger charge is 2.16. The van der Waals surface area contributed by atoms with Crippen molar-refractivity contribution in [3.05, 3.63) is 59.4 Å². The van der Waals surface area contributed by atoms with Crippen molar-refractivity contribution in [1.29, 1.82) is 0 Å². The number of aromatic nitrogens is 1. The first-order valence-electron chi connectivity index (χ1n) is 9.92. The van der Waals surface area contributed by atoms with Gasteiger partial charge in [-0.2, -0.15) is 0 Å². The number of nitrogens with zero attached hydrogens (tertiary/aromatic N) is 2. The van der Waals surface area contributed by atoms with Crippen LogP contribution in [0.25, 0.3) is 0 Å². The van der Waals surface area contributed by atoms with Gasteiger partial charge in [-0.05, 0) is 43.5 Å². The van der Waals surface area contributed by atoms with Gasteiger partial charge in [0.05, 0.1) is 13.2 Å². The maximum absolute atomic E-state index is 12.6. The molecule has 0 aliphatic rings. The van der Waals surface area contributed by atoms with Gasteiger partial charge >= 0.3 is 12.0 Å². The van der Waals surface area contributed by atoms with Crippen molar-refractivity contribution in [3.63, 3.8) is 0 Å². The van der Waals surface area contributed by atoms with Crippen molar-refractivity contribution in [2.75, 3.05) is 19.7 Å². The summed E-state index contributed by atoms with van der Waals surface area (Å²) in [5.74, 6) is -0.422. The van der Waals surface area contributed by atoms with Crippen LogP contribution in [0.2, 0.25) is 0 Å². The first-order valence-corrected chi connectivity index (χ1v) is 9.92. The van der Waals surface area contributed by atoms with E-state index in [4.69, 9.17) is 4.74 Å². The fourth-order valence-corrected chi connectivity index (χ4v) is 2.99. The smallest absolute Gasteiger partial charge is 0.325 e. The number of nitrogens with one attached hydrogen (secondary N) is 1. The summed E-state index contributed by atoms with van der Waals surface area (Å²) in [4.78, 5) is 25.9. The first-order chi connectivity index (χ1) is 13.5. The van der Waals surface area contributed by atoms with Crippen molar-refractivity contribution in [3.8, 4) is 0 Å².